The Morgan fingerprint density at radius 3 is 2.79 bits per heavy atom. The average Bonchev–Trinajstić information content (AvgIpc) is 2.18. The van der Waals surface area contributed by atoms with E-state index in [1.54, 1.807) is 24.2 Å². The molecule has 0 aliphatic rings. The van der Waals surface area contributed by atoms with Crippen LogP contribution in [0.3, 0.4) is 0 Å². The molecule has 0 unspecified atom stereocenters. The van der Waals surface area contributed by atoms with Crippen LogP contribution in [0.1, 0.15) is 12.6 Å². The van der Waals surface area contributed by atoms with Gasteiger partial charge in [0.2, 0.25) is 0 Å². The molecule has 0 aliphatic carbocycles. The smallest absolute Gasteiger partial charge is 0.151 e. The predicted octanol–water partition coefficient (Wildman–Crippen LogP) is 2.04. The SMILES string of the molecule is C=NN(C)/C=C(\C)c1ccc(Cl)nn1. The predicted molar refractivity (Wildman–Crippen MR) is 58.0 cm³/mol. The minimum atomic E-state index is 0.386. The van der Waals surface area contributed by atoms with Crippen LogP contribution in [0.4, 0.5) is 0 Å². The zero-order chi connectivity index (χ0) is 10.6. The van der Waals surface area contributed by atoms with Crippen molar-refractivity contribution in [1.29, 1.82) is 0 Å². The van der Waals surface area contributed by atoms with Crippen LogP contribution in [-0.2, 0) is 0 Å². The first kappa shape index (κ1) is 10.7. The molecule has 1 heterocycles. The Hall–Kier alpha value is -1.42. The van der Waals surface area contributed by atoms with Crippen LogP contribution in [0.15, 0.2) is 23.4 Å². The standard InChI is InChI=1S/C9H11ClN4/c1-7(6-14(3)11-2)8-4-5-9(10)13-12-8/h4-6H,2H2,1,3H3/b7-6+. The highest BCUT2D eigenvalue weighted by atomic mass is 35.5. The van der Waals surface area contributed by atoms with E-state index in [0.29, 0.717) is 5.15 Å². The lowest BCUT2D eigenvalue weighted by Crippen LogP contribution is -2.01. The lowest BCUT2D eigenvalue weighted by atomic mass is 10.2. The summed E-state index contributed by atoms with van der Waals surface area (Å²) in [7, 11) is 1.79. The Kier molecular flexibility index (Phi) is 3.59. The molecule has 14 heavy (non-hydrogen) atoms. The van der Waals surface area contributed by atoms with Crippen LogP contribution < -0.4 is 0 Å². The van der Waals surface area contributed by atoms with Crippen molar-refractivity contribution in [3.63, 3.8) is 0 Å². The van der Waals surface area contributed by atoms with Crippen LogP contribution in [0.5, 0.6) is 0 Å². The van der Waals surface area contributed by atoms with Gasteiger partial charge in [-0.1, -0.05) is 11.6 Å². The van der Waals surface area contributed by atoms with E-state index in [2.05, 4.69) is 22.0 Å². The Morgan fingerprint density at radius 2 is 2.29 bits per heavy atom. The number of hydrogen-bond donors (Lipinski definition) is 0. The van der Waals surface area contributed by atoms with Gasteiger partial charge in [-0.15, -0.1) is 10.2 Å². The van der Waals surface area contributed by atoms with Crippen LogP contribution in [0.2, 0.25) is 5.15 Å². The first-order valence-electron chi connectivity index (χ1n) is 4.01. The van der Waals surface area contributed by atoms with E-state index in [4.69, 9.17) is 11.6 Å². The Bertz CT molecular complexity index is 344. The molecule has 1 aromatic heterocycles. The second-order valence-corrected chi connectivity index (χ2v) is 3.16. The molecule has 0 spiro atoms. The number of hydrazone groups is 1. The van der Waals surface area contributed by atoms with Crippen molar-refractivity contribution in [3.05, 3.63) is 29.2 Å². The highest BCUT2D eigenvalue weighted by molar-refractivity contribution is 6.29. The van der Waals surface area contributed by atoms with Crippen molar-refractivity contribution in [3.8, 4) is 0 Å². The summed E-state index contributed by atoms with van der Waals surface area (Å²) >= 11 is 5.62. The lowest BCUT2D eigenvalue weighted by molar-refractivity contribution is 0.496. The fourth-order valence-electron chi connectivity index (χ4n) is 0.914. The van der Waals surface area contributed by atoms with E-state index in [-0.39, 0.29) is 0 Å². The number of allylic oxidation sites excluding steroid dienone is 1. The number of aromatic nitrogens is 2. The summed E-state index contributed by atoms with van der Waals surface area (Å²) < 4.78 is 0. The number of nitrogens with zero attached hydrogens (tertiary/aromatic N) is 4. The lowest BCUT2D eigenvalue weighted by Gasteiger charge is -2.07. The molecule has 0 saturated heterocycles. The maximum absolute atomic E-state index is 5.62. The molecular weight excluding hydrogens is 200 g/mol. The van der Waals surface area contributed by atoms with Gasteiger partial charge in [0.15, 0.2) is 5.15 Å². The van der Waals surface area contributed by atoms with Gasteiger partial charge in [0, 0.05) is 20.0 Å². The molecule has 5 heteroatoms. The van der Waals surface area contributed by atoms with E-state index >= 15 is 0 Å². The summed E-state index contributed by atoms with van der Waals surface area (Å²) in [6, 6.07) is 3.50. The van der Waals surface area contributed by atoms with Crippen molar-refractivity contribution in [1.82, 2.24) is 15.2 Å². The summed E-state index contributed by atoms with van der Waals surface area (Å²) in [5.41, 5.74) is 1.72. The number of hydrogen-bond acceptors (Lipinski definition) is 4. The first-order valence-corrected chi connectivity index (χ1v) is 4.39. The second-order valence-electron chi connectivity index (χ2n) is 2.77. The Labute approximate surface area is 87.9 Å². The Balaban J connectivity index is 2.88. The van der Waals surface area contributed by atoms with Gasteiger partial charge in [-0.05, 0) is 24.6 Å². The van der Waals surface area contributed by atoms with Gasteiger partial charge in [0.25, 0.3) is 0 Å². The summed E-state index contributed by atoms with van der Waals surface area (Å²) in [4.78, 5) is 0. The summed E-state index contributed by atoms with van der Waals surface area (Å²) in [5.74, 6) is 0. The molecule has 1 aromatic rings. The quantitative estimate of drug-likeness (QED) is 0.566. The first-order chi connectivity index (χ1) is 6.63. The maximum atomic E-state index is 5.62. The third-order valence-corrected chi connectivity index (χ3v) is 1.84. The topological polar surface area (TPSA) is 41.4 Å². The maximum Gasteiger partial charge on any atom is 0.151 e. The van der Waals surface area contributed by atoms with Crippen molar-refractivity contribution in [2.75, 3.05) is 7.05 Å². The zero-order valence-electron chi connectivity index (χ0n) is 8.11. The average molecular weight is 211 g/mol. The second kappa shape index (κ2) is 4.72. The fourth-order valence-corrected chi connectivity index (χ4v) is 1.01. The molecule has 0 amide bonds. The molecule has 0 aliphatic heterocycles. The van der Waals surface area contributed by atoms with Crippen molar-refractivity contribution >= 4 is 23.9 Å². The van der Waals surface area contributed by atoms with Crippen molar-refractivity contribution in [2.45, 2.75) is 6.92 Å². The summed E-state index contributed by atoms with van der Waals surface area (Å²) in [5, 5.41) is 13.4. The molecule has 0 bridgehead atoms. The van der Waals surface area contributed by atoms with E-state index in [1.165, 1.54) is 0 Å². The minimum absolute atomic E-state index is 0.386. The molecule has 4 nitrogen and oxygen atoms in total. The molecule has 0 saturated carbocycles. The van der Waals surface area contributed by atoms with Crippen LogP contribution in [0.25, 0.3) is 5.57 Å². The van der Waals surface area contributed by atoms with E-state index in [1.807, 2.05) is 13.1 Å². The summed E-state index contributed by atoms with van der Waals surface area (Å²) in [6.45, 7) is 5.31. The number of rotatable bonds is 3. The van der Waals surface area contributed by atoms with Crippen molar-refractivity contribution in [2.24, 2.45) is 5.10 Å². The third kappa shape index (κ3) is 2.81. The van der Waals surface area contributed by atoms with Crippen molar-refractivity contribution < 1.29 is 0 Å². The van der Waals surface area contributed by atoms with Gasteiger partial charge in [-0.3, -0.25) is 5.01 Å². The minimum Gasteiger partial charge on any atom is -0.276 e. The van der Waals surface area contributed by atoms with Gasteiger partial charge in [-0.25, -0.2) is 0 Å². The molecule has 0 N–H and O–H groups in total. The Morgan fingerprint density at radius 1 is 1.57 bits per heavy atom. The molecule has 0 radical (unpaired) electrons. The van der Waals surface area contributed by atoms with Gasteiger partial charge in [0.05, 0.1) is 5.69 Å². The van der Waals surface area contributed by atoms with Gasteiger partial charge in [-0.2, -0.15) is 5.10 Å². The van der Waals surface area contributed by atoms with E-state index in [0.717, 1.165) is 11.3 Å². The van der Waals surface area contributed by atoms with E-state index in [9.17, 15) is 0 Å². The molecule has 0 aromatic carbocycles. The largest absolute Gasteiger partial charge is 0.276 e. The third-order valence-electron chi connectivity index (χ3n) is 1.64. The molecular formula is C9H11ClN4. The molecule has 0 fully saturated rings. The van der Waals surface area contributed by atoms with Crippen LogP contribution in [0, 0.1) is 0 Å². The van der Waals surface area contributed by atoms with Gasteiger partial charge in [0.1, 0.15) is 0 Å². The van der Waals surface area contributed by atoms with E-state index < -0.39 is 0 Å². The summed E-state index contributed by atoms with van der Waals surface area (Å²) in [6.07, 6.45) is 1.81. The van der Waals surface area contributed by atoms with Crippen LogP contribution >= 0.6 is 11.6 Å². The molecule has 0 atom stereocenters. The zero-order valence-corrected chi connectivity index (χ0v) is 8.86. The van der Waals surface area contributed by atoms with Gasteiger partial charge < -0.3 is 0 Å². The van der Waals surface area contributed by atoms with Gasteiger partial charge >= 0.3 is 0 Å². The number of halogens is 1. The van der Waals surface area contributed by atoms with Crippen LogP contribution in [-0.4, -0.2) is 29.0 Å². The highest BCUT2D eigenvalue weighted by Gasteiger charge is 1.99. The fraction of sp³-hybridized carbons (Fsp3) is 0.222. The normalized spacial score (nSPS) is 11.2. The highest BCUT2D eigenvalue weighted by Crippen LogP contribution is 2.12. The molecule has 1 rings (SSSR count). The molecule has 74 valence electrons. The monoisotopic (exact) mass is 210 g/mol.